The molecule has 1 saturated carbocycles. The molecule has 0 aliphatic heterocycles. The molecule has 0 unspecified atom stereocenters. The first-order valence-electron chi connectivity index (χ1n) is 6.43. The van der Waals surface area contributed by atoms with Gasteiger partial charge in [-0.1, -0.05) is 31.2 Å². The first-order chi connectivity index (χ1) is 8.20. The lowest BCUT2D eigenvalue weighted by Gasteiger charge is -2.11. The van der Waals surface area contributed by atoms with E-state index in [-0.39, 0.29) is 18.4 Å². The first-order valence-corrected chi connectivity index (χ1v) is 6.43. The number of hydrogen-bond acceptors (Lipinski definition) is 2. The van der Waals surface area contributed by atoms with E-state index in [1.807, 2.05) is 6.92 Å². The fourth-order valence-corrected chi connectivity index (χ4v) is 2.48. The minimum Gasteiger partial charge on any atom is -0.396 e. The summed E-state index contributed by atoms with van der Waals surface area (Å²) in [6, 6.07) is 8.31. The van der Waals surface area contributed by atoms with Crippen molar-refractivity contribution in [2.24, 2.45) is 5.92 Å². The van der Waals surface area contributed by atoms with Crippen molar-refractivity contribution in [2.75, 3.05) is 6.61 Å². The maximum atomic E-state index is 11.6. The second-order valence-electron chi connectivity index (χ2n) is 5.08. The second kappa shape index (κ2) is 5.46. The maximum Gasteiger partial charge on any atom is 0.136 e. The molecule has 0 radical (unpaired) electrons. The van der Waals surface area contributed by atoms with E-state index in [9.17, 15) is 4.79 Å². The Morgan fingerprint density at radius 2 is 2.06 bits per heavy atom. The maximum absolute atomic E-state index is 11.6. The third-order valence-electron chi connectivity index (χ3n) is 3.74. The summed E-state index contributed by atoms with van der Waals surface area (Å²) in [5.74, 6) is 0.867. The van der Waals surface area contributed by atoms with Crippen molar-refractivity contribution < 1.29 is 9.90 Å². The van der Waals surface area contributed by atoms with Gasteiger partial charge in [0.1, 0.15) is 5.78 Å². The SMILES string of the molecule is C[C@H](CO)c1ccc(C[C@H]2CCCC2=O)cc1. The lowest BCUT2D eigenvalue weighted by molar-refractivity contribution is -0.120. The molecule has 0 aromatic heterocycles. The van der Waals surface area contributed by atoms with E-state index in [0.29, 0.717) is 5.78 Å². The molecule has 0 heterocycles. The molecule has 1 aliphatic rings. The van der Waals surface area contributed by atoms with Crippen LogP contribution in [0, 0.1) is 5.92 Å². The molecule has 0 saturated heterocycles. The molecule has 1 aromatic carbocycles. The van der Waals surface area contributed by atoms with Crippen LogP contribution in [0.1, 0.15) is 43.2 Å². The van der Waals surface area contributed by atoms with Gasteiger partial charge in [0.2, 0.25) is 0 Å². The molecule has 1 aromatic rings. The van der Waals surface area contributed by atoms with Gasteiger partial charge in [0, 0.05) is 24.9 Å². The van der Waals surface area contributed by atoms with Crippen LogP contribution in [0.3, 0.4) is 0 Å². The van der Waals surface area contributed by atoms with Crippen LogP contribution in [0.2, 0.25) is 0 Å². The van der Waals surface area contributed by atoms with Crippen molar-refractivity contribution in [3.05, 3.63) is 35.4 Å². The fraction of sp³-hybridized carbons (Fsp3) is 0.533. The zero-order valence-corrected chi connectivity index (χ0v) is 10.4. The highest BCUT2D eigenvalue weighted by Gasteiger charge is 2.24. The third kappa shape index (κ3) is 2.95. The molecule has 17 heavy (non-hydrogen) atoms. The highest BCUT2D eigenvalue weighted by molar-refractivity contribution is 5.83. The Bertz CT molecular complexity index is 380. The summed E-state index contributed by atoms with van der Waals surface area (Å²) >= 11 is 0. The number of Topliss-reactive ketones (excluding diaryl/α,β-unsaturated/α-hetero) is 1. The number of rotatable bonds is 4. The van der Waals surface area contributed by atoms with Gasteiger partial charge < -0.3 is 5.11 Å². The van der Waals surface area contributed by atoms with E-state index in [1.54, 1.807) is 0 Å². The molecule has 0 spiro atoms. The lowest BCUT2D eigenvalue weighted by atomic mass is 9.94. The molecule has 92 valence electrons. The number of aliphatic hydroxyl groups is 1. The topological polar surface area (TPSA) is 37.3 Å². The molecule has 0 amide bonds. The predicted octanol–water partition coefficient (Wildman–Crippen LogP) is 2.69. The van der Waals surface area contributed by atoms with Crippen LogP contribution in [0.25, 0.3) is 0 Å². The van der Waals surface area contributed by atoms with Crippen LogP contribution in [0.5, 0.6) is 0 Å². The molecule has 1 N–H and O–H groups in total. The van der Waals surface area contributed by atoms with Gasteiger partial charge in [-0.25, -0.2) is 0 Å². The Labute approximate surface area is 103 Å². The van der Waals surface area contributed by atoms with E-state index in [4.69, 9.17) is 5.11 Å². The van der Waals surface area contributed by atoms with Crippen molar-refractivity contribution in [1.29, 1.82) is 0 Å². The van der Waals surface area contributed by atoms with Crippen LogP contribution in [-0.4, -0.2) is 17.5 Å². The number of aliphatic hydroxyl groups excluding tert-OH is 1. The van der Waals surface area contributed by atoms with Gasteiger partial charge in [-0.15, -0.1) is 0 Å². The molecule has 0 bridgehead atoms. The Morgan fingerprint density at radius 3 is 2.59 bits per heavy atom. The van der Waals surface area contributed by atoms with E-state index < -0.39 is 0 Å². The molecule has 2 rings (SSSR count). The van der Waals surface area contributed by atoms with E-state index >= 15 is 0 Å². The Hall–Kier alpha value is -1.15. The normalized spacial score (nSPS) is 21.8. The Kier molecular flexibility index (Phi) is 3.95. The van der Waals surface area contributed by atoms with Crippen LogP contribution in [-0.2, 0) is 11.2 Å². The van der Waals surface area contributed by atoms with Crippen molar-refractivity contribution >= 4 is 5.78 Å². The largest absolute Gasteiger partial charge is 0.396 e. The van der Waals surface area contributed by atoms with Crippen molar-refractivity contribution in [3.8, 4) is 0 Å². The number of carbonyl (C=O) groups is 1. The highest BCUT2D eigenvalue weighted by Crippen LogP contribution is 2.25. The summed E-state index contributed by atoms with van der Waals surface area (Å²) in [5, 5.41) is 9.08. The van der Waals surface area contributed by atoms with Gasteiger partial charge in [-0.3, -0.25) is 4.79 Å². The molecule has 2 heteroatoms. The fourth-order valence-electron chi connectivity index (χ4n) is 2.48. The number of ketones is 1. The zero-order chi connectivity index (χ0) is 12.3. The summed E-state index contributed by atoms with van der Waals surface area (Å²) in [6.07, 6.45) is 3.76. The van der Waals surface area contributed by atoms with Crippen LogP contribution in [0.4, 0.5) is 0 Å². The summed E-state index contributed by atoms with van der Waals surface area (Å²) in [6.45, 7) is 2.19. The summed E-state index contributed by atoms with van der Waals surface area (Å²) in [5.41, 5.74) is 2.40. The van der Waals surface area contributed by atoms with Gasteiger partial charge >= 0.3 is 0 Å². The summed E-state index contributed by atoms with van der Waals surface area (Å²) in [7, 11) is 0. The first kappa shape index (κ1) is 12.3. The average molecular weight is 232 g/mol. The van der Waals surface area contributed by atoms with E-state index in [0.717, 1.165) is 31.2 Å². The van der Waals surface area contributed by atoms with Crippen LogP contribution < -0.4 is 0 Å². The number of benzene rings is 1. The minimum absolute atomic E-state index is 0.181. The van der Waals surface area contributed by atoms with Gasteiger partial charge in [0.15, 0.2) is 0 Å². The van der Waals surface area contributed by atoms with E-state index in [2.05, 4.69) is 24.3 Å². The van der Waals surface area contributed by atoms with Gasteiger partial charge in [-0.05, 0) is 30.4 Å². The van der Waals surface area contributed by atoms with Crippen LogP contribution >= 0.6 is 0 Å². The van der Waals surface area contributed by atoms with E-state index in [1.165, 1.54) is 5.56 Å². The second-order valence-corrected chi connectivity index (χ2v) is 5.08. The molecule has 1 fully saturated rings. The average Bonchev–Trinajstić information content (AvgIpc) is 2.75. The predicted molar refractivity (Wildman–Crippen MR) is 68.0 cm³/mol. The molecule has 1 aliphatic carbocycles. The van der Waals surface area contributed by atoms with Gasteiger partial charge in [0.05, 0.1) is 0 Å². The number of carbonyl (C=O) groups excluding carboxylic acids is 1. The number of hydrogen-bond donors (Lipinski definition) is 1. The standard InChI is InChI=1S/C15H20O2/c1-11(10-16)13-7-5-12(6-8-13)9-14-3-2-4-15(14)17/h5-8,11,14,16H,2-4,9-10H2,1H3/t11-,14-/m1/s1. The molecular formula is C15H20O2. The molecular weight excluding hydrogens is 212 g/mol. The van der Waals surface area contributed by atoms with Gasteiger partial charge in [0.25, 0.3) is 0 Å². The zero-order valence-electron chi connectivity index (χ0n) is 10.4. The third-order valence-corrected chi connectivity index (χ3v) is 3.74. The molecule has 2 atom stereocenters. The minimum atomic E-state index is 0.181. The monoisotopic (exact) mass is 232 g/mol. The van der Waals surface area contributed by atoms with Crippen molar-refractivity contribution in [1.82, 2.24) is 0 Å². The Morgan fingerprint density at radius 1 is 1.35 bits per heavy atom. The van der Waals surface area contributed by atoms with Crippen molar-refractivity contribution in [3.63, 3.8) is 0 Å². The van der Waals surface area contributed by atoms with Gasteiger partial charge in [-0.2, -0.15) is 0 Å². The van der Waals surface area contributed by atoms with Crippen LogP contribution in [0.15, 0.2) is 24.3 Å². The highest BCUT2D eigenvalue weighted by atomic mass is 16.3. The summed E-state index contributed by atoms with van der Waals surface area (Å²) < 4.78 is 0. The smallest absolute Gasteiger partial charge is 0.136 e. The molecule has 2 nitrogen and oxygen atoms in total. The lowest BCUT2D eigenvalue weighted by Crippen LogP contribution is -2.09. The quantitative estimate of drug-likeness (QED) is 0.866. The summed E-state index contributed by atoms with van der Waals surface area (Å²) in [4.78, 5) is 11.6. The van der Waals surface area contributed by atoms with Crippen molar-refractivity contribution in [2.45, 2.75) is 38.5 Å². The Balaban J connectivity index is 2.00.